The van der Waals surface area contributed by atoms with Crippen LogP contribution in [0.15, 0.2) is 53.4 Å². The Morgan fingerprint density at radius 3 is 2.23 bits per heavy atom. The quantitative estimate of drug-likeness (QED) is 0.785. The van der Waals surface area contributed by atoms with Crippen molar-refractivity contribution < 1.29 is 13.2 Å². The predicted molar refractivity (Wildman–Crippen MR) is 111 cm³/mol. The Balaban J connectivity index is 1.66. The second-order valence-corrected chi connectivity index (χ2v) is 10.9. The lowest BCUT2D eigenvalue weighted by atomic mass is 10.1. The van der Waals surface area contributed by atoms with E-state index in [1.807, 2.05) is 47.8 Å². The molecule has 0 saturated carbocycles. The molecule has 2 aromatic rings. The second kappa shape index (κ2) is 8.50. The van der Waals surface area contributed by atoms with E-state index in [-0.39, 0.29) is 16.6 Å². The average Bonchev–Trinajstić information content (AvgIpc) is 2.69. The largest absolute Gasteiger partial charge is 0.322 e. The molecule has 0 unspecified atom stereocenters. The molecular formula is C19H21NO3S3. The van der Waals surface area contributed by atoms with Gasteiger partial charge in [-0.05, 0) is 59.9 Å². The molecule has 26 heavy (non-hydrogen) atoms. The van der Waals surface area contributed by atoms with Crippen LogP contribution in [0.1, 0.15) is 33.8 Å². The number of thioether (sulfide) groups is 2. The highest BCUT2D eigenvalue weighted by atomic mass is 32.2. The summed E-state index contributed by atoms with van der Waals surface area (Å²) in [7, 11) is -3.23. The van der Waals surface area contributed by atoms with E-state index in [0.29, 0.717) is 15.8 Å². The molecule has 1 aliphatic rings. The lowest BCUT2D eigenvalue weighted by molar-refractivity contribution is 0.102. The van der Waals surface area contributed by atoms with Gasteiger partial charge in [-0.25, -0.2) is 8.42 Å². The molecule has 0 bridgehead atoms. The third-order valence-electron chi connectivity index (χ3n) is 4.12. The van der Waals surface area contributed by atoms with Gasteiger partial charge in [0.05, 0.1) is 15.2 Å². The minimum Gasteiger partial charge on any atom is -0.322 e. The number of rotatable bonds is 5. The number of carbonyl (C=O) groups excluding carboxylic acids is 1. The van der Waals surface area contributed by atoms with E-state index >= 15 is 0 Å². The molecule has 1 aliphatic heterocycles. The molecule has 1 saturated heterocycles. The topological polar surface area (TPSA) is 63.2 Å². The highest BCUT2D eigenvalue weighted by Crippen LogP contribution is 2.43. The third-order valence-corrected chi connectivity index (χ3v) is 8.89. The van der Waals surface area contributed by atoms with Crippen LogP contribution in [0.2, 0.25) is 0 Å². The van der Waals surface area contributed by atoms with Crippen molar-refractivity contribution in [3.05, 3.63) is 59.7 Å². The summed E-state index contributed by atoms with van der Waals surface area (Å²) in [6, 6.07) is 14.0. The van der Waals surface area contributed by atoms with Crippen molar-refractivity contribution in [3.8, 4) is 0 Å². The van der Waals surface area contributed by atoms with Crippen LogP contribution in [0, 0.1) is 0 Å². The van der Waals surface area contributed by atoms with Crippen LogP contribution >= 0.6 is 23.5 Å². The molecule has 2 aromatic carbocycles. The maximum absolute atomic E-state index is 12.4. The number of carbonyl (C=O) groups is 1. The summed E-state index contributed by atoms with van der Waals surface area (Å²) in [5, 5.41) is 2.81. The number of amides is 1. The summed E-state index contributed by atoms with van der Waals surface area (Å²) >= 11 is 3.90. The summed E-state index contributed by atoms with van der Waals surface area (Å²) < 4.78 is 24.1. The molecule has 0 radical (unpaired) electrons. The van der Waals surface area contributed by atoms with Crippen molar-refractivity contribution in [2.24, 2.45) is 0 Å². The first kappa shape index (κ1) is 19.3. The highest BCUT2D eigenvalue weighted by Gasteiger charge is 2.17. The SMILES string of the molecule is CCS(=O)(=O)c1ccc(NC(=O)c2ccc(C3SCCCS3)cc2)cc1. The number of benzene rings is 2. The molecule has 0 spiro atoms. The van der Waals surface area contributed by atoms with Crippen molar-refractivity contribution in [3.63, 3.8) is 0 Å². The van der Waals surface area contributed by atoms with Crippen molar-refractivity contribution in [2.45, 2.75) is 22.8 Å². The molecular weight excluding hydrogens is 386 g/mol. The van der Waals surface area contributed by atoms with E-state index in [1.165, 1.54) is 35.6 Å². The number of nitrogens with one attached hydrogen (secondary N) is 1. The number of anilines is 1. The molecule has 7 heteroatoms. The summed E-state index contributed by atoms with van der Waals surface area (Å²) in [6.45, 7) is 1.61. The fraction of sp³-hybridized carbons (Fsp3) is 0.316. The van der Waals surface area contributed by atoms with E-state index in [4.69, 9.17) is 0 Å². The third kappa shape index (κ3) is 4.64. The predicted octanol–water partition coefficient (Wildman–Crippen LogP) is 4.60. The lowest BCUT2D eigenvalue weighted by Gasteiger charge is -2.21. The zero-order valence-corrected chi connectivity index (χ0v) is 16.9. The maximum Gasteiger partial charge on any atom is 0.255 e. The Bertz CT molecular complexity index is 856. The molecule has 1 amide bonds. The lowest BCUT2D eigenvalue weighted by Crippen LogP contribution is -2.12. The smallest absolute Gasteiger partial charge is 0.255 e. The molecule has 0 atom stereocenters. The molecule has 1 N–H and O–H groups in total. The van der Waals surface area contributed by atoms with Gasteiger partial charge in [-0.3, -0.25) is 4.79 Å². The van der Waals surface area contributed by atoms with Crippen molar-refractivity contribution in [1.29, 1.82) is 0 Å². The minimum atomic E-state index is -3.23. The van der Waals surface area contributed by atoms with Crippen LogP contribution in [0.3, 0.4) is 0 Å². The molecule has 0 aliphatic carbocycles. The van der Waals surface area contributed by atoms with Crippen LogP contribution in [-0.2, 0) is 9.84 Å². The average molecular weight is 408 g/mol. The summed E-state index contributed by atoms with van der Waals surface area (Å²) in [5.41, 5.74) is 2.41. The van der Waals surface area contributed by atoms with Gasteiger partial charge in [0, 0.05) is 11.3 Å². The monoisotopic (exact) mass is 407 g/mol. The number of hydrogen-bond acceptors (Lipinski definition) is 5. The highest BCUT2D eigenvalue weighted by molar-refractivity contribution is 8.16. The fourth-order valence-electron chi connectivity index (χ4n) is 2.59. The van der Waals surface area contributed by atoms with Gasteiger partial charge >= 0.3 is 0 Å². The van der Waals surface area contributed by atoms with Gasteiger partial charge in [-0.2, -0.15) is 0 Å². The van der Waals surface area contributed by atoms with Crippen LogP contribution in [0.25, 0.3) is 0 Å². The Hall–Kier alpha value is -1.44. The number of hydrogen-bond donors (Lipinski definition) is 1. The summed E-state index contributed by atoms with van der Waals surface area (Å²) in [5.74, 6) is 2.22. The van der Waals surface area contributed by atoms with Crippen LogP contribution < -0.4 is 5.32 Å². The van der Waals surface area contributed by atoms with Crippen molar-refractivity contribution in [1.82, 2.24) is 0 Å². The van der Waals surface area contributed by atoms with Gasteiger partial charge in [0.1, 0.15) is 0 Å². The van der Waals surface area contributed by atoms with E-state index in [2.05, 4.69) is 5.32 Å². The first-order valence-electron chi connectivity index (χ1n) is 8.47. The Labute approximate surface area is 163 Å². The van der Waals surface area contributed by atoms with E-state index in [9.17, 15) is 13.2 Å². The van der Waals surface area contributed by atoms with Gasteiger partial charge in [-0.1, -0.05) is 19.1 Å². The minimum absolute atomic E-state index is 0.0582. The van der Waals surface area contributed by atoms with Crippen LogP contribution in [0.4, 0.5) is 5.69 Å². The zero-order valence-electron chi connectivity index (χ0n) is 14.5. The van der Waals surface area contributed by atoms with Crippen molar-refractivity contribution >= 4 is 45.0 Å². The summed E-state index contributed by atoms with van der Waals surface area (Å²) in [6.07, 6.45) is 1.25. The fourth-order valence-corrected chi connectivity index (χ4v) is 6.37. The standard InChI is InChI=1S/C19H21NO3S3/c1-2-26(22,23)17-10-8-16(9-11-17)20-18(21)14-4-6-15(7-5-14)19-24-12-3-13-25-19/h4-11,19H,2-3,12-13H2,1H3,(H,20,21). The van der Waals surface area contributed by atoms with Crippen LogP contribution in [0.5, 0.6) is 0 Å². The molecule has 0 aromatic heterocycles. The van der Waals surface area contributed by atoms with Crippen LogP contribution in [-0.4, -0.2) is 31.6 Å². The molecule has 4 nitrogen and oxygen atoms in total. The molecule has 1 heterocycles. The van der Waals surface area contributed by atoms with E-state index in [1.54, 1.807) is 19.1 Å². The Morgan fingerprint density at radius 2 is 1.65 bits per heavy atom. The van der Waals surface area contributed by atoms with E-state index < -0.39 is 9.84 Å². The van der Waals surface area contributed by atoms with Gasteiger partial charge in [0.2, 0.25) is 0 Å². The van der Waals surface area contributed by atoms with Crippen molar-refractivity contribution in [2.75, 3.05) is 22.6 Å². The zero-order chi connectivity index (χ0) is 18.6. The maximum atomic E-state index is 12.4. The second-order valence-electron chi connectivity index (χ2n) is 5.93. The molecule has 138 valence electrons. The first-order chi connectivity index (χ1) is 12.5. The molecule has 3 rings (SSSR count). The van der Waals surface area contributed by atoms with Gasteiger partial charge < -0.3 is 5.32 Å². The van der Waals surface area contributed by atoms with Gasteiger partial charge in [0.15, 0.2) is 9.84 Å². The normalized spacial score (nSPS) is 15.6. The van der Waals surface area contributed by atoms with E-state index in [0.717, 1.165) is 0 Å². The van der Waals surface area contributed by atoms with Gasteiger partial charge in [-0.15, -0.1) is 23.5 Å². The first-order valence-corrected chi connectivity index (χ1v) is 12.2. The Kier molecular flexibility index (Phi) is 6.32. The molecule has 1 fully saturated rings. The Morgan fingerprint density at radius 1 is 1.04 bits per heavy atom. The summed E-state index contributed by atoms with van der Waals surface area (Å²) in [4.78, 5) is 12.7. The van der Waals surface area contributed by atoms with Gasteiger partial charge in [0.25, 0.3) is 5.91 Å². The number of sulfone groups is 1.